The van der Waals surface area contributed by atoms with Gasteiger partial charge in [0.15, 0.2) is 0 Å². The molecule has 3 nitrogen and oxygen atoms in total. The van der Waals surface area contributed by atoms with E-state index in [0.29, 0.717) is 0 Å². The first-order valence-corrected chi connectivity index (χ1v) is 18.3. The Labute approximate surface area is 303 Å². The highest BCUT2D eigenvalue weighted by Gasteiger charge is 2.20. The van der Waals surface area contributed by atoms with Crippen LogP contribution in [0.3, 0.4) is 0 Å². The van der Waals surface area contributed by atoms with Crippen LogP contribution in [0.5, 0.6) is 0 Å². The molecule has 0 atom stereocenters. The predicted octanol–water partition coefficient (Wildman–Crippen LogP) is 14.7. The zero-order valence-corrected chi connectivity index (χ0v) is 28.7. The molecule has 0 aliphatic heterocycles. The zero-order valence-electron chi connectivity index (χ0n) is 27.9. The molecule has 0 saturated carbocycles. The van der Waals surface area contributed by atoms with Crippen molar-refractivity contribution in [1.82, 2.24) is 0 Å². The van der Waals surface area contributed by atoms with Gasteiger partial charge in [-0.3, -0.25) is 0 Å². The number of hydrogen-bond acceptors (Lipinski definition) is 4. The molecule has 0 radical (unpaired) electrons. The van der Waals surface area contributed by atoms with Gasteiger partial charge in [0, 0.05) is 53.1 Å². The highest BCUT2D eigenvalue weighted by Crippen LogP contribution is 2.46. The summed E-state index contributed by atoms with van der Waals surface area (Å²) < 4.78 is 15.0. The van der Waals surface area contributed by atoms with Crippen LogP contribution >= 0.6 is 11.3 Å². The summed E-state index contributed by atoms with van der Waals surface area (Å²) in [5.41, 5.74) is 11.5. The molecule has 11 aromatic rings. The van der Waals surface area contributed by atoms with Crippen molar-refractivity contribution in [3.05, 3.63) is 176 Å². The summed E-state index contributed by atoms with van der Waals surface area (Å²) >= 11 is 1.84. The fraction of sp³-hybridized carbons (Fsp3) is 0. The van der Waals surface area contributed by atoms with Crippen molar-refractivity contribution >= 4 is 92.4 Å². The Balaban J connectivity index is 1.05. The second-order valence-electron chi connectivity index (χ2n) is 13.3. The summed E-state index contributed by atoms with van der Waals surface area (Å²) in [6.45, 7) is 0. The quantitative estimate of drug-likeness (QED) is 0.181. The maximum atomic E-state index is 6.23. The third-order valence-electron chi connectivity index (χ3n) is 10.3. The molecule has 0 amide bonds. The van der Waals surface area contributed by atoms with Gasteiger partial charge in [-0.2, -0.15) is 0 Å². The van der Waals surface area contributed by atoms with Crippen LogP contribution in [-0.2, 0) is 0 Å². The fourth-order valence-corrected chi connectivity index (χ4v) is 9.01. The molecule has 0 N–H and O–H groups in total. The van der Waals surface area contributed by atoms with E-state index in [4.69, 9.17) is 8.83 Å². The molecular weight excluding hydrogens is 655 g/mol. The molecule has 0 saturated heterocycles. The SMILES string of the molecule is c1ccc2c(c1)oc1cc(-c3ccc(N(c4ccc(-c5cccc6oc7ccccc7c56)cc4)c4cccc5sc6ccccc6c45)cc3)ccc12. The van der Waals surface area contributed by atoms with E-state index >= 15 is 0 Å². The minimum Gasteiger partial charge on any atom is -0.456 e. The minimum atomic E-state index is 0.902. The van der Waals surface area contributed by atoms with Gasteiger partial charge in [-0.25, -0.2) is 0 Å². The van der Waals surface area contributed by atoms with E-state index in [1.807, 2.05) is 35.6 Å². The number of thiophene rings is 1. The van der Waals surface area contributed by atoms with Crippen LogP contribution in [0.25, 0.3) is 86.3 Å². The largest absolute Gasteiger partial charge is 0.456 e. The minimum absolute atomic E-state index is 0.902. The molecule has 0 fully saturated rings. The second-order valence-corrected chi connectivity index (χ2v) is 14.3. The predicted molar refractivity (Wildman–Crippen MR) is 219 cm³/mol. The number of anilines is 3. The van der Waals surface area contributed by atoms with Gasteiger partial charge in [-0.1, -0.05) is 103 Å². The third-order valence-corrected chi connectivity index (χ3v) is 11.4. The maximum Gasteiger partial charge on any atom is 0.136 e. The van der Waals surface area contributed by atoms with Crippen LogP contribution in [-0.4, -0.2) is 0 Å². The van der Waals surface area contributed by atoms with Crippen molar-refractivity contribution in [2.45, 2.75) is 0 Å². The van der Waals surface area contributed by atoms with Crippen LogP contribution < -0.4 is 4.90 Å². The van der Waals surface area contributed by atoms with Gasteiger partial charge in [0.2, 0.25) is 0 Å². The Hall–Kier alpha value is -6.62. The van der Waals surface area contributed by atoms with Crippen LogP contribution in [0.2, 0.25) is 0 Å². The van der Waals surface area contributed by atoms with E-state index in [0.717, 1.165) is 83.2 Å². The topological polar surface area (TPSA) is 29.5 Å². The number of nitrogens with zero attached hydrogens (tertiary/aromatic N) is 1. The molecule has 0 unspecified atom stereocenters. The van der Waals surface area contributed by atoms with E-state index in [9.17, 15) is 0 Å². The summed E-state index contributed by atoms with van der Waals surface area (Å²) in [4.78, 5) is 2.39. The van der Waals surface area contributed by atoms with Crippen LogP contribution in [0.15, 0.2) is 185 Å². The Kier molecular flexibility index (Phi) is 6.42. The number of rotatable bonds is 5. The molecule has 11 rings (SSSR count). The first-order valence-electron chi connectivity index (χ1n) is 17.5. The molecule has 0 aliphatic rings. The zero-order chi connectivity index (χ0) is 34.2. The first kappa shape index (κ1) is 29.1. The van der Waals surface area contributed by atoms with Gasteiger partial charge in [0.05, 0.1) is 5.69 Å². The lowest BCUT2D eigenvalue weighted by Gasteiger charge is -2.27. The summed E-state index contributed by atoms with van der Waals surface area (Å²) in [5.74, 6) is 0. The lowest BCUT2D eigenvalue weighted by Crippen LogP contribution is -2.10. The average molecular weight is 684 g/mol. The van der Waals surface area contributed by atoms with Gasteiger partial charge in [-0.15, -0.1) is 11.3 Å². The molecule has 0 bridgehead atoms. The van der Waals surface area contributed by atoms with Crippen LogP contribution in [0.1, 0.15) is 0 Å². The molecule has 3 heterocycles. The molecule has 0 spiro atoms. The normalized spacial score (nSPS) is 11.8. The summed E-state index contributed by atoms with van der Waals surface area (Å²) in [5, 5.41) is 7.10. The first-order chi connectivity index (χ1) is 25.8. The van der Waals surface area contributed by atoms with E-state index in [1.165, 1.54) is 20.2 Å². The van der Waals surface area contributed by atoms with Gasteiger partial charge < -0.3 is 13.7 Å². The number of hydrogen-bond donors (Lipinski definition) is 0. The molecule has 244 valence electrons. The van der Waals surface area contributed by atoms with Crippen molar-refractivity contribution in [3.8, 4) is 22.3 Å². The lowest BCUT2D eigenvalue weighted by atomic mass is 9.98. The molecule has 4 heteroatoms. The lowest BCUT2D eigenvalue weighted by molar-refractivity contribution is 0.668. The average Bonchev–Trinajstić information content (AvgIpc) is 3.90. The monoisotopic (exact) mass is 683 g/mol. The fourth-order valence-electron chi connectivity index (χ4n) is 7.88. The van der Waals surface area contributed by atoms with Gasteiger partial charge in [0.25, 0.3) is 0 Å². The van der Waals surface area contributed by atoms with Crippen molar-refractivity contribution in [2.24, 2.45) is 0 Å². The molecular formula is C48H29NO2S. The Morgan fingerprint density at radius 1 is 0.365 bits per heavy atom. The molecule has 8 aromatic carbocycles. The van der Waals surface area contributed by atoms with Crippen molar-refractivity contribution in [3.63, 3.8) is 0 Å². The Morgan fingerprint density at radius 3 is 1.75 bits per heavy atom. The van der Waals surface area contributed by atoms with E-state index in [-0.39, 0.29) is 0 Å². The number of benzene rings is 8. The molecule has 52 heavy (non-hydrogen) atoms. The standard InChI is InChI=1S/C48H29NO2S/c1-4-14-41-36(9-1)37-28-23-32(29-44(37)51-41)30-19-24-33(25-20-30)49(40-13-8-18-46-48(40)39-11-3-6-17-45(39)52-46)34-26-21-31(22-27-34)35-12-7-16-43-47(35)38-10-2-5-15-42(38)50-43/h1-29H. The molecule has 3 aromatic heterocycles. The Morgan fingerprint density at radius 2 is 0.942 bits per heavy atom. The van der Waals surface area contributed by atoms with Crippen LogP contribution in [0.4, 0.5) is 17.1 Å². The molecule has 0 aliphatic carbocycles. The maximum absolute atomic E-state index is 6.23. The summed E-state index contributed by atoms with van der Waals surface area (Å²) in [6, 6.07) is 62.6. The highest BCUT2D eigenvalue weighted by atomic mass is 32.1. The number of para-hydroxylation sites is 2. The van der Waals surface area contributed by atoms with E-state index < -0.39 is 0 Å². The van der Waals surface area contributed by atoms with E-state index in [2.05, 4.69) is 157 Å². The van der Waals surface area contributed by atoms with Gasteiger partial charge in [-0.05, 0) is 95.1 Å². The smallest absolute Gasteiger partial charge is 0.136 e. The highest BCUT2D eigenvalue weighted by molar-refractivity contribution is 7.26. The number of fused-ring (bicyclic) bond motifs is 9. The van der Waals surface area contributed by atoms with Crippen LogP contribution in [0, 0.1) is 0 Å². The van der Waals surface area contributed by atoms with Gasteiger partial charge >= 0.3 is 0 Å². The van der Waals surface area contributed by atoms with Crippen molar-refractivity contribution < 1.29 is 8.83 Å². The summed E-state index contributed by atoms with van der Waals surface area (Å²) in [6.07, 6.45) is 0. The van der Waals surface area contributed by atoms with Gasteiger partial charge in [0.1, 0.15) is 22.3 Å². The third kappa shape index (κ3) is 4.51. The summed E-state index contributed by atoms with van der Waals surface area (Å²) in [7, 11) is 0. The Bertz CT molecular complexity index is 3130. The van der Waals surface area contributed by atoms with Crippen molar-refractivity contribution in [2.75, 3.05) is 4.90 Å². The van der Waals surface area contributed by atoms with Crippen molar-refractivity contribution in [1.29, 1.82) is 0 Å². The van der Waals surface area contributed by atoms with E-state index in [1.54, 1.807) is 0 Å². The number of furan rings is 2. The second kappa shape index (κ2) is 11.5.